The van der Waals surface area contributed by atoms with Crippen molar-refractivity contribution in [2.24, 2.45) is 0 Å². The number of benzene rings is 2. The monoisotopic (exact) mass is 408 g/mol. The molecule has 9 heteroatoms. The summed E-state index contributed by atoms with van der Waals surface area (Å²) >= 11 is 0. The molecule has 154 valence electrons. The lowest BCUT2D eigenvalue weighted by atomic mass is 9.86. The zero-order valence-electron chi connectivity index (χ0n) is 16.6. The van der Waals surface area contributed by atoms with E-state index in [1.807, 2.05) is 18.2 Å². The summed E-state index contributed by atoms with van der Waals surface area (Å²) in [6, 6.07) is 14.1. The van der Waals surface area contributed by atoms with Crippen molar-refractivity contribution in [2.45, 2.75) is 12.8 Å². The molecule has 0 saturated heterocycles. The van der Waals surface area contributed by atoms with Crippen LogP contribution in [0.5, 0.6) is 11.5 Å². The van der Waals surface area contributed by atoms with E-state index in [0.717, 1.165) is 0 Å². The summed E-state index contributed by atoms with van der Waals surface area (Å²) in [4.78, 5) is 24.9. The Hall–Kier alpha value is -4.01. The van der Waals surface area contributed by atoms with Crippen molar-refractivity contribution in [1.29, 1.82) is 0 Å². The summed E-state index contributed by atoms with van der Waals surface area (Å²) in [6.07, 6.45) is 0. The number of hydrogen-bond acceptors (Lipinski definition) is 6. The van der Waals surface area contributed by atoms with Gasteiger partial charge in [0, 0.05) is 24.4 Å². The van der Waals surface area contributed by atoms with Crippen LogP contribution in [0.2, 0.25) is 0 Å². The zero-order chi connectivity index (χ0) is 21.4. The van der Waals surface area contributed by atoms with Gasteiger partial charge in [-0.25, -0.2) is 4.68 Å². The van der Waals surface area contributed by atoms with Crippen LogP contribution >= 0.6 is 0 Å². The van der Waals surface area contributed by atoms with E-state index < -0.39 is 10.8 Å². The third kappa shape index (κ3) is 3.00. The van der Waals surface area contributed by atoms with Crippen LogP contribution in [0.4, 0.5) is 0 Å². The fraction of sp³-hybridized carbons (Fsp3) is 0.190. The maximum Gasteiger partial charge on any atom is 0.317 e. The van der Waals surface area contributed by atoms with Gasteiger partial charge in [-0.1, -0.05) is 24.3 Å². The highest BCUT2D eigenvalue weighted by atomic mass is 16.6. The third-order valence-corrected chi connectivity index (χ3v) is 5.09. The number of nitrogens with zero attached hydrogens (tertiary/aromatic N) is 2. The Labute approximate surface area is 171 Å². The van der Waals surface area contributed by atoms with Crippen molar-refractivity contribution < 1.29 is 14.4 Å². The molecule has 0 amide bonds. The molecular formula is C21H20N4O5. The molecule has 0 radical (unpaired) electrons. The summed E-state index contributed by atoms with van der Waals surface area (Å²) in [7, 11) is 3.06. The number of aryl methyl sites for hydroxylation is 1. The van der Waals surface area contributed by atoms with Crippen molar-refractivity contribution in [2.75, 3.05) is 14.2 Å². The minimum Gasteiger partial charge on any atom is -0.497 e. The number of methoxy groups -OCH3 is 1. The van der Waals surface area contributed by atoms with Crippen LogP contribution in [0.15, 0.2) is 64.9 Å². The van der Waals surface area contributed by atoms with Crippen LogP contribution in [0.1, 0.15) is 22.7 Å². The number of nitro groups is 1. The lowest BCUT2D eigenvalue weighted by Gasteiger charge is -2.25. The third-order valence-electron chi connectivity index (χ3n) is 5.09. The normalized spacial score (nSPS) is 15.4. The molecule has 30 heavy (non-hydrogen) atoms. The molecule has 0 saturated carbocycles. The maximum absolute atomic E-state index is 13.4. The summed E-state index contributed by atoms with van der Waals surface area (Å²) < 4.78 is 12.4. The van der Waals surface area contributed by atoms with Gasteiger partial charge < -0.3 is 14.8 Å². The van der Waals surface area contributed by atoms with Gasteiger partial charge in [0.25, 0.3) is 11.4 Å². The van der Waals surface area contributed by atoms with Gasteiger partial charge in [0.15, 0.2) is 0 Å². The summed E-state index contributed by atoms with van der Waals surface area (Å²) in [5.74, 6) is -0.0108. The SMILES string of the molecule is CNC1=C([N+](=O)[O-])C(c2c(C)[nH]n(-c3ccccc3)c2=O)c2ccc(OC)cc2O1. The highest BCUT2D eigenvalue weighted by Crippen LogP contribution is 2.44. The molecule has 2 heterocycles. The van der Waals surface area contributed by atoms with Crippen LogP contribution in [0.25, 0.3) is 5.69 Å². The van der Waals surface area contributed by atoms with Gasteiger partial charge in [-0.2, -0.15) is 0 Å². The Balaban J connectivity index is 1.99. The van der Waals surface area contributed by atoms with Crippen molar-refractivity contribution in [3.8, 4) is 17.2 Å². The molecule has 2 aromatic carbocycles. The number of aromatic amines is 1. The second-order valence-corrected chi connectivity index (χ2v) is 6.79. The number of fused-ring (bicyclic) bond motifs is 1. The van der Waals surface area contributed by atoms with E-state index in [1.165, 1.54) is 18.8 Å². The minimum absolute atomic E-state index is 0.0167. The lowest BCUT2D eigenvalue weighted by molar-refractivity contribution is -0.432. The van der Waals surface area contributed by atoms with E-state index in [9.17, 15) is 14.9 Å². The van der Waals surface area contributed by atoms with Gasteiger partial charge in [0.05, 0.1) is 23.3 Å². The molecule has 1 unspecified atom stereocenters. The molecule has 1 aliphatic heterocycles. The first kappa shape index (κ1) is 19.3. The molecule has 0 aliphatic carbocycles. The van der Waals surface area contributed by atoms with Gasteiger partial charge in [-0.15, -0.1) is 0 Å². The van der Waals surface area contributed by atoms with Gasteiger partial charge >= 0.3 is 5.70 Å². The van der Waals surface area contributed by atoms with Crippen molar-refractivity contribution in [3.63, 3.8) is 0 Å². The molecule has 2 N–H and O–H groups in total. The maximum atomic E-state index is 13.4. The van der Waals surface area contributed by atoms with Crippen molar-refractivity contribution >= 4 is 0 Å². The fourth-order valence-electron chi connectivity index (χ4n) is 3.73. The zero-order valence-corrected chi connectivity index (χ0v) is 16.6. The molecule has 0 fully saturated rings. The molecule has 4 rings (SSSR count). The van der Waals surface area contributed by atoms with Crippen molar-refractivity contribution in [1.82, 2.24) is 15.1 Å². The topological polar surface area (TPSA) is 111 Å². The van der Waals surface area contributed by atoms with Crippen LogP contribution in [-0.4, -0.2) is 28.9 Å². The van der Waals surface area contributed by atoms with Gasteiger partial charge in [-0.3, -0.25) is 20.0 Å². The van der Waals surface area contributed by atoms with E-state index in [1.54, 1.807) is 37.3 Å². The second-order valence-electron chi connectivity index (χ2n) is 6.79. The molecule has 0 bridgehead atoms. The quantitative estimate of drug-likeness (QED) is 0.496. The number of nitrogens with one attached hydrogen (secondary N) is 2. The standard InChI is InChI=1S/C21H20N4O5/c1-12-17(21(26)24(23-12)13-7-5-4-6-8-13)18-15-10-9-14(29-3)11-16(15)30-20(22-2)19(18)25(27)28/h4-11,18,22-23H,1-3H3. The average Bonchev–Trinajstić information content (AvgIpc) is 3.06. The van der Waals surface area contributed by atoms with Crippen molar-refractivity contribution in [3.05, 3.63) is 97.4 Å². The summed E-state index contributed by atoms with van der Waals surface area (Å²) in [5.41, 5.74) is 1.39. The van der Waals surface area contributed by atoms with Crippen LogP contribution in [0.3, 0.4) is 0 Å². The number of ether oxygens (including phenoxy) is 2. The van der Waals surface area contributed by atoms with E-state index in [0.29, 0.717) is 28.4 Å². The Kier molecular flexibility index (Phi) is 4.78. The predicted octanol–water partition coefficient (Wildman–Crippen LogP) is 2.67. The smallest absolute Gasteiger partial charge is 0.317 e. The number of aromatic nitrogens is 2. The Morgan fingerprint density at radius 1 is 1.23 bits per heavy atom. The molecule has 1 aliphatic rings. The first-order valence-corrected chi connectivity index (χ1v) is 9.25. The van der Waals surface area contributed by atoms with Gasteiger partial charge in [0.2, 0.25) is 0 Å². The number of H-pyrrole nitrogens is 1. The number of hydrogen-bond donors (Lipinski definition) is 2. The predicted molar refractivity (Wildman–Crippen MR) is 110 cm³/mol. The van der Waals surface area contributed by atoms with E-state index in [-0.39, 0.29) is 22.7 Å². The minimum atomic E-state index is -0.925. The second kappa shape index (κ2) is 7.43. The lowest BCUT2D eigenvalue weighted by Crippen LogP contribution is -2.30. The number of para-hydroxylation sites is 1. The molecule has 9 nitrogen and oxygen atoms in total. The summed E-state index contributed by atoms with van der Waals surface area (Å²) in [6.45, 7) is 1.73. The van der Waals surface area contributed by atoms with Crippen LogP contribution in [0, 0.1) is 17.0 Å². The fourth-order valence-corrected chi connectivity index (χ4v) is 3.73. The average molecular weight is 408 g/mol. The first-order valence-electron chi connectivity index (χ1n) is 9.25. The first-order chi connectivity index (χ1) is 14.5. The Bertz CT molecular complexity index is 1210. The Morgan fingerprint density at radius 3 is 2.60 bits per heavy atom. The Morgan fingerprint density at radius 2 is 1.97 bits per heavy atom. The summed E-state index contributed by atoms with van der Waals surface area (Å²) in [5, 5.41) is 17.8. The molecule has 0 spiro atoms. The molecule has 1 aromatic heterocycles. The largest absolute Gasteiger partial charge is 0.497 e. The van der Waals surface area contributed by atoms with Crippen LogP contribution < -0.4 is 20.3 Å². The number of allylic oxidation sites excluding steroid dienone is 1. The van der Waals surface area contributed by atoms with E-state index in [4.69, 9.17) is 9.47 Å². The molecule has 1 atom stereocenters. The van der Waals surface area contributed by atoms with Gasteiger partial charge in [-0.05, 0) is 25.1 Å². The number of rotatable bonds is 5. The van der Waals surface area contributed by atoms with E-state index in [2.05, 4.69) is 10.4 Å². The molecule has 3 aromatic rings. The highest BCUT2D eigenvalue weighted by molar-refractivity contribution is 5.53. The highest BCUT2D eigenvalue weighted by Gasteiger charge is 2.42. The van der Waals surface area contributed by atoms with E-state index >= 15 is 0 Å². The van der Waals surface area contributed by atoms with Crippen LogP contribution in [-0.2, 0) is 0 Å². The molecular weight excluding hydrogens is 388 g/mol. The van der Waals surface area contributed by atoms with Gasteiger partial charge in [0.1, 0.15) is 17.4 Å².